The fourth-order valence-electron chi connectivity index (χ4n) is 0.551. The summed E-state index contributed by atoms with van der Waals surface area (Å²) in [5, 5.41) is 0. The zero-order chi connectivity index (χ0) is 8.20. The third-order valence-electron chi connectivity index (χ3n) is 0.916. The summed E-state index contributed by atoms with van der Waals surface area (Å²) in [7, 11) is 0. The Bertz CT molecular complexity index is 83.7. The van der Waals surface area contributed by atoms with E-state index in [1.54, 1.807) is 0 Å². The Morgan fingerprint density at radius 3 is 2.20 bits per heavy atom. The fraction of sp³-hybridized carbons (Fsp3) is 1.00. The maximum Gasteiger partial charge on any atom is 0.0615 e. The van der Waals surface area contributed by atoms with Gasteiger partial charge in [0.15, 0.2) is 0 Å². The molecule has 0 aromatic carbocycles. The lowest BCUT2D eigenvalue weighted by molar-refractivity contribution is 0.0649. The van der Waals surface area contributed by atoms with Crippen LogP contribution in [0.25, 0.3) is 0 Å². The second kappa shape index (κ2) is 3.94. The minimum absolute atomic E-state index is 0.155. The summed E-state index contributed by atoms with van der Waals surface area (Å²) in [6.45, 7) is 9.84. The van der Waals surface area contributed by atoms with Gasteiger partial charge in [0.25, 0.3) is 0 Å². The highest BCUT2D eigenvalue weighted by Crippen LogP contribution is 2.12. The molecule has 0 saturated carbocycles. The zero-order valence-electron chi connectivity index (χ0n) is 7.48. The van der Waals surface area contributed by atoms with E-state index in [0.29, 0.717) is 6.61 Å². The predicted octanol–water partition coefficient (Wildman–Crippen LogP) is 1.40. The van der Waals surface area contributed by atoms with Crippen molar-refractivity contribution in [2.24, 2.45) is 11.1 Å². The highest BCUT2D eigenvalue weighted by molar-refractivity contribution is 4.60. The van der Waals surface area contributed by atoms with E-state index in [4.69, 9.17) is 10.5 Å². The van der Waals surface area contributed by atoms with Crippen molar-refractivity contribution in [1.29, 1.82) is 0 Å². The Morgan fingerprint density at radius 1 is 1.40 bits per heavy atom. The highest BCUT2D eigenvalue weighted by Gasteiger charge is 2.09. The van der Waals surface area contributed by atoms with Gasteiger partial charge in [0.2, 0.25) is 0 Å². The lowest BCUT2D eigenvalue weighted by Gasteiger charge is -2.18. The van der Waals surface area contributed by atoms with Crippen LogP contribution in [0.2, 0.25) is 0 Å². The molecule has 0 radical (unpaired) electrons. The van der Waals surface area contributed by atoms with E-state index in [9.17, 15) is 0 Å². The molecule has 0 bridgehead atoms. The Morgan fingerprint density at radius 2 is 1.90 bits per heavy atom. The third-order valence-corrected chi connectivity index (χ3v) is 0.916. The summed E-state index contributed by atoms with van der Waals surface area (Å²) in [6, 6.07) is 0.155. The molecule has 2 N–H and O–H groups in total. The Kier molecular flexibility index (Phi) is 3.91. The number of nitrogens with two attached hydrogens (primary N) is 1. The summed E-state index contributed by atoms with van der Waals surface area (Å²) in [6.07, 6.45) is 0. The van der Waals surface area contributed by atoms with Crippen molar-refractivity contribution in [1.82, 2.24) is 0 Å². The van der Waals surface area contributed by atoms with Crippen LogP contribution in [0.15, 0.2) is 0 Å². The molecule has 0 fully saturated rings. The molecule has 2 nitrogen and oxygen atoms in total. The third kappa shape index (κ3) is 7.92. The molecular weight excluding hydrogens is 126 g/mol. The predicted molar refractivity (Wildman–Crippen MR) is 43.9 cm³/mol. The van der Waals surface area contributed by atoms with Crippen LogP contribution in [0.3, 0.4) is 0 Å². The van der Waals surface area contributed by atoms with Crippen molar-refractivity contribution in [3.05, 3.63) is 0 Å². The number of hydrogen-bond donors (Lipinski definition) is 1. The SMILES string of the molecule is CC(N)COCC(C)(C)C. The first-order valence-corrected chi connectivity index (χ1v) is 3.75. The van der Waals surface area contributed by atoms with Crippen LogP contribution < -0.4 is 5.73 Å². The molecular formula is C8H19NO. The van der Waals surface area contributed by atoms with Gasteiger partial charge in [0, 0.05) is 6.04 Å². The first kappa shape index (κ1) is 9.92. The van der Waals surface area contributed by atoms with Crippen LogP contribution in [-0.2, 0) is 4.74 Å². The van der Waals surface area contributed by atoms with Crippen LogP contribution in [0.4, 0.5) is 0 Å². The Hall–Kier alpha value is -0.0800. The molecule has 1 unspecified atom stereocenters. The van der Waals surface area contributed by atoms with Gasteiger partial charge in [-0.05, 0) is 12.3 Å². The smallest absolute Gasteiger partial charge is 0.0615 e. The molecule has 0 aliphatic heterocycles. The van der Waals surface area contributed by atoms with Crippen LogP contribution in [-0.4, -0.2) is 19.3 Å². The molecule has 0 aromatic heterocycles. The van der Waals surface area contributed by atoms with E-state index in [2.05, 4.69) is 20.8 Å². The van der Waals surface area contributed by atoms with Gasteiger partial charge < -0.3 is 10.5 Å². The lowest BCUT2D eigenvalue weighted by Crippen LogP contribution is -2.25. The molecule has 0 aliphatic carbocycles. The van der Waals surface area contributed by atoms with Gasteiger partial charge in [-0.15, -0.1) is 0 Å². The van der Waals surface area contributed by atoms with Crippen LogP contribution >= 0.6 is 0 Å². The van der Waals surface area contributed by atoms with Gasteiger partial charge in [0.1, 0.15) is 0 Å². The fourth-order valence-corrected chi connectivity index (χ4v) is 0.551. The maximum absolute atomic E-state index is 5.50. The van der Waals surface area contributed by atoms with Gasteiger partial charge in [-0.25, -0.2) is 0 Å². The largest absolute Gasteiger partial charge is 0.379 e. The first-order chi connectivity index (χ1) is 4.42. The molecule has 0 rings (SSSR count). The molecule has 0 amide bonds. The van der Waals surface area contributed by atoms with Gasteiger partial charge in [0.05, 0.1) is 13.2 Å². The van der Waals surface area contributed by atoms with Crippen molar-refractivity contribution in [2.75, 3.05) is 13.2 Å². The summed E-state index contributed by atoms with van der Waals surface area (Å²) in [4.78, 5) is 0. The molecule has 10 heavy (non-hydrogen) atoms. The lowest BCUT2D eigenvalue weighted by atomic mass is 9.99. The molecule has 0 aromatic rings. The van der Waals surface area contributed by atoms with Crippen LogP contribution in [0, 0.1) is 5.41 Å². The van der Waals surface area contributed by atoms with Crippen molar-refractivity contribution in [3.63, 3.8) is 0 Å². The van der Waals surface area contributed by atoms with E-state index in [1.165, 1.54) is 0 Å². The van der Waals surface area contributed by atoms with E-state index >= 15 is 0 Å². The summed E-state index contributed by atoms with van der Waals surface area (Å²) in [5.41, 5.74) is 5.76. The number of hydrogen-bond acceptors (Lipinski definition) is 2. The molecule has 1 atom stereocenters. The Labute approximate surface area is 63.7 Å². The van der Waals surface area contributed by atoms with Crippen LogP contribution in [0.5, 0.6) is 0 Å². The van der Waals surface area contributed by atoms with Crippen LogP contribution in [0.1, 0.15) is 27.7 Å². The summed E-state index contributed by atoms with van der Waals surface area (Å²) >= 11 is 0. The van der Waals surface area contributed by atoms with Gasteiger partial charge in [-0.2, -0.15) is 0 Å². The van der Waals surface area contributed by atoms with E-state index in [1.807, 2.05) is 6.92 Å². The summed E-state index contributed by atoms with van der Waals surface area (Å²) in [5.74, 6) is 0. The highest BCUT2D eigenvalue weighted by atomic mass is 16.5. The monoisotopic (exact) mass is 145 g/mol. The minimum atomic E-state index is 0.155. The second-order valence-electron chi connectivity index (χ2n) is 4.05. The van der Waals surface area contributed by atoms with Crippen molar-refractivity contribution in [3.8, 4) is 0 Å². The van der Waals surface area contributed by atoms with Crippen molar-refractivity contribution in [2.45, 2.75) is 33.7 Å². The molecule has 2 heteroatoms. The van der Waals surface area contributed by atoms with E-state index in [-0.39, 0.29) is 11.5 Å². The van der Waals surface area contributed by atoms with Gasteiger partial charge in [-0.1, -0.05) is 20.8 Å². The van der Waals surface area contributed by atoms with E-state index in [0.717, 1.165) is 6.61 Å². The molecule has 0 saturated heterocycles. The first-order valence-electron chi connectivity index (χ1n) is 3.75. The molecule has 0 spiro atoms. The second-order valence-corrected chi connectivity index (χ2v) is 4.05. The van der Waals surface area contributed by atoms with Crippen molar-refractivity contribution < 1.29 is 4.74 Å². The van der Waals surface area contributed by atoms with Gasteiger partial charge in [-0.3, -0.25) is 0 Å². The molecule has 62 valence electrons. The van der Waals surface area contributed by atoms with Gasteiger partial charge >= 0.3 is 0 Å². The number of rotatable bonds is 3. The summed E-state index contributed by atoms with van der Waals surface area (Å²) < 4.78 is 5.33. The zero-order valence-corrected chi connectivity index (χ0v) is 7.48. The normalized spacial score (nSPS) is 15.3. The minimum Gasteiger partial charge on any atom is -0.379 e. The van der Waals surface area contributed by atoms with E-state index < -0.39 is 0 Å². The maximum atomic E-state index is 5.50. The number of ether oxygens (including phenoxy) is 1. The molecule has 0 aliphatic rings. The Balaban J connectivity index is 3.21. The topological polar surface area (TPSA) is 35.2 Å². The van der Waals surface area contributed by atoms with Crippen molar-refractivity contribution >= 4 is 0 Å². The quantitative estimate of drug-likeness (QED) is 0.651. The molecule has 0 heterocycles. The standard InChI is InChI=1S/C8H19NO/c1-7(9)5-10-6-8(2,3)4/h7H,5-6,9H2,1-4H3. The average Bonchev–Trinajstić information content (AvgIpc) is 1.59. The average molecular weight is 145 g/mol.